The second kappa shape index (κ2) is 4.75. The number of nitrogens with one attached hydrogen (secondary N) is 1. The van der Waals surface area contributed by atoms with Crippen molar-refractivity contribution in [3.8, 4) is 5.75 Å². The molecule has 5 nitrogen and oxygen atoms in total. The van der Waals surface area contributed by atoms with Crippen LogP contribution in [0.1, 0.15) is 15.9 Å². The normalized spacial score (nSPS) is 10.1. The molecular formula is C13H13N3O2. The molecule has 0 fully saturated rings. The summed E-state index contributed by atoms with van der Waals surface area (Å²) >= 11 is 0. The molecule has 1 aromatic carbocycles. The summed E-state index contributed by atoms with van der Waals surface area (Å²) in [6.07, 6.45) is 3.26. The van der Waals surface area contributed by atoms with Gasteiger partial charge >= 0.3 is 0 Å². The number of amides is 1. The molecule has 5 heteroatoms. The van der Waals surface area contributed by atoms with Crippen molar-refractivity contribution in [3.05, 3.63) is 47.8 Å². The highest BCUT2D eigenvalue weighted by Gasteiger charge is 2.09. The Kier molecular flexibility index (Phi) is 3.14. The molecule has 18 heavy (non-hydrogen) atoms. The summed E-state index contributed by atoms with van der Waals surface area (Å²) in [5.74, 6) is -0.409. The van der Waals surface area contributed by atoms with E-state index in [0.29, 0.717) is 11.3 Å². The summed E-state index contributed by atoms with van der Waals surface area (Å²) in [5.41, 5.74) is 7.62. The number of hydrogen-bond acceptors (Lipinski definition) is 4. The van der Waals surface area contributed by atoms with Crippen LogP contribution in [0.4, 0.5) is 11.4 Å². The van der Waals surface area contributed by atoms with Crippen LogP contribution in [0.2, 0.25) is 0 Å². The summed E-state index contributed by atoms with van der Waals surface area (Å²) in [7, 11) is 0. The Morgan fingerprint density at radius 1 is 1.39 bits per heavy atom. The van der Waals surface area contributed by atoms with Crippen LogP contribution in [0.5, 0.6) is 5.75 Å². The fourth-order valence-electron chi connectivity index (χ4n) is 1.49. The molecule has 0 aliphatic rings. The van der Waals surface area contributed by atoms with Gasteiger partial charge in [0.25, 0.3) is 5.91 Å². The molecule has 0 bridgehead atoms. The van der Waals surface area contributed by atoms with Crippen molar-refractivity contribution >= 4 is 17.3 Å². The van der Waals surface area contributed by atoms with E-state index in [1.807, 2.05) is 6.92 Å². The third-order valence-electron chi connectivity index (χ3n) is 2.56. The number of benzene rings is 1. The van der Waals surface area contributed by atoms with E-state index >= 15 is 0 Å². The van der Waals surface area contributed by atoms with Crippen LogP contribution in [0.15, 0.2) is 36.7 Å². The van der Waals surface area contributed by atoms with Gasteiger partial charge in [-0.05, 0) is 36.8 Å². The lowest BCUT2D eigenvalue weighted by atomic mass is 10.1. The third kappa shape index (κ3) is 2.40. The molecule has 2 aromatic rings. The fraction of sp³-hybridized carbons (Fsp3) is 0.0769. The Bertz CT molecular complexity index is 597. The molecule has 0 radical (unpaired) electrons. The van der Waals surface area contributed by atoms with Gasteiger partial charge in [0.05, 0.1) is 5.69 Å². The van der Waals surface area contributed by atoms with Crippen LogP contribution in [0.25, 0.3) is 0 Å². The molecule has 0 saturated heterocycles. The minimum absolute atomic E-state index is 0.103. The highest BCUT2D eigenvalue weighted by Crippen LogP contribution is 2.21. The molecule has 0 aliphatic heterocycles. The topological polar surface area (TPSA) is 88.2 Å². The standard InChI is InChI=1S/C13H13N3O2/c1-8-7-15-5-4-11(8)16-13(18)9-2-3-10(14)12(17)6-9/h2-7,17H,14H2,1H3,(H,15,16,18). The predicted octanol–water partition coefficient (Wildman–Crippen LogP) is 1.93. The smallest absolute Gasteiger partial charge is 0.255 e. The van der Waals surface area contributed by atoms with E-state index in [1.54, 1.807) is 24.5 Å². The number of aryl methyl sites for hydroxylation is 1. The Hall–Kier alpha value is -2.56. The number of rotatable bonds is 2. The molecule has 0 atom stereocenters. The van der Waals surface area contributed by atoms with Crippen LogP contribution in [0, 0.1) is 6.92 Å². The van der Waals surface area contributed by atoms with E-state index in [0.717, 1.165) is 5.56 Å². The summed E-state index contributed by atoms with van der Waals surface area (Å²) in [6, 6.07) is 6.09. The fourth-order valence-corrected chi connectivity index (χ4v) is 1.49. The maximum atomic E-state index is 11.9. The second-order valence-electron chi connectivity index (χ2n) is 3.92. The van der Waals surface area contributed by atoms with Crippen LogP contribution in [0.3, 0.4) is 0 Å². The first-order valence-corrected chi connectivity index (χ1v) is 5.38. The van der Waals surface area contributed by atoms with Gasteiger partial charge in [-0.1, -0.05) is 0 Å². The van der Waals surface area contributed by atoms with Gasteiger partial charge in [0.1, 0.15) is 5.75 Å². The Morgan fingerprint density at radius 3 is 2.83 bits per heavy atom. The maximum absolute atomic E-state index is 11.9. The first-order valence-electron chi connectivity index (χ1n) is 5.38. The molecule has 1 aromatic heterocycles. The maximum Gasteiger partial charge on any atom is 0.255 e. The number of phenolic OH excluding ortho intramolecular Hbond substituents is 1. The zero-order valence-electron chi connectivity index (χ0n) is 9.84. The lowest BCUT2D eigenvalue weighted by Gasteiger charge is -2.08. The summed E-state index contributed by atoms with van der Waals surface area (Å²) < 4.78 is 0. The molecule has 1 amide bonds. The van der Waals surface area contributed by atoms with Gasteiger partial charge in [-0.2, -0.15) is 0 Å². The number of anilines is 2. The zero-order valence-corrected chi connectivity index (χ0v) is 9.84. The van der Waals surface area contributed by atoms with Crippen molar-refractivity contribution in [1.29, 1.82) is 0 Å². The number of nitrogens with zero attached hydrogens (tertiary/aromatic N) is 1. The van der Waals surface area contributed by atoms with Crippen molar-refractivity contribution in [1.82, 2.24) is 4.98 Å². The number of carbonyl (C=O) groups is 1. The number of aromatic nitrogens is 1. The molecule has 0 aliphatic carbocycles. The van der Waals surface area contributed by atoms with Crippen molar-refractivity contribution in [2.24, 2.45) is 0 Å². The number of nitrogens with two attached hydrogens (primary N) is 1. The number of carbonyl (C=O) groups excluding carboxylic acids is 1. The van der Waals surface area contributed by atoms with Crippen LogP contribution >= 0.6 is 0 Å². The minimum atomic E-state index is -0.306. The quantitative estimate of drug-likeness (QED) is 0.555. The van der Waals surface area contributed by atoms with E-state index in [-0.39, 0.29) is 17.3 Å². The summed E-state index contributed by atoms with van der Waals surface area (Å²) in [5, 5.41) is 12.2. The lowest BCUT2D eigenvalue weighted by molar-refractivity contribution is 0.102. The average molecular weight is 243 g/mol. The first-order chi connectivity index (χ1) is 8.58. The van der Waals surface area contributed by atoms with Gasteiger partial charge in [0.2, 0.25) is 0 Å². The van der Waals surface area contributed by atoms with Gasteiger partial charge in [0, 0.05) is 23.6 Å². The van der Waals surface area contributed by atoms with Gasteiger partial charge in [0.15, 0.2) is 0 Å². The molecule has 0 unspecified atom stereocenters. The predicted molar refractivity (Wildman–Crippen MR) is 69.4 cm³/mol. The monoisotopic (exact) mass is 243 g/mol. The molecule has 1 heterocycles. The number of nitrogen functional groups attached to an aromatic ring is 1. The molecule has 0 saturated carbocycles. The second-order valence-corrected chi connectivity index (χ2v) is 3.92. The number of phenols is 1. The van der Waals surface area contributed by atoms with Crippen molar-refractivity contribution < 1.29 is 9.90 Å². The van der Waals surface area contributed by atoms with Gasteiger partial charge in [-0.25, -0.2) is 0 Å². The van der Waals surface area contributed by atoms with Gasteiger partial charge in [-0.15, -0.1) is 0 Å². The van der Waals surface area contributed by atoms with E-state index in [1.165, 1.54) is 12.1 Å². The van der Waals surface area contributed by atoms with E-state index in [4.69, 9.17) is 5.73 Å². The number of hydrogen-bond donors (Lipinski definition) is 3. The van der Waals surface area contributed by atoms with Crippen molar-refractivity contribution in [2.75, 3.05) is 11.1 Å². The largest absolute Gasteiger partial charge is 0.506 e. The van der Waals surface area contributed by atoms with Gasteiger partial charge < -0.3 is 16.2 Å². The van der Waals surface area contributed by atoms with Crippen LogP contribution in [-0.4, -0.2) is 16.0 Å². The molecule has 2 rings (SSSR count). The van der Waals surface area contributed by atoms with Crippen molar-refractivity contribution in [2.45, 2.75) is 6.92 Å². The SMILES string of the molecule is Cc1cnccc1NC(=O)c1ccc(N)c(O)c1. The minimum Gasteiger partial charge on any atom is -0.506 e. The summed E-state index contributed by atoms with van der Waals surface area (Å²) in [4.78, 5) is 15.9. The zero-order chi connectivity index (χ0) is 13.1. The van der Waals surface area contributed by atoms with E-state index in [2.05, 4.69) is 10.3 Å². The van der Waals surface area contributed by atoms with E-state index in [9.17, 15) is 9.90 Å². The van der Waals surface area contributed by atoms with Gasteiger partial charge in [-0.3, -0.25) is 9.78 Å². The highest BCUT2D eigenvalue weighted by atomic mass is 16.3. The number of aromatic hydroxyl groups is 1. The molecule has 0 spiro atoms. The Morgan fingerprint density at radius 2 is 2.17 bits per heavy atom. The molecule has 4 N–H and O–H groups in total. The Labute approximate surface area is 104 Å². The molecular weight excluding hydrogens is 230 g/mol. The Balaban J connectivity index is 2.22. The van der Waals surface area contributed by atoms with Crippen LogP contribution < -0.4 is 11.1 Å². The average Bonchev–Trinajstić information content (AvgIpc) is 2.35. The third-order valence-corrected chi connectivity index (χ3v) is 2.56. The van der Waals surface area contributed by atoms with Crippen LogP contribution in [-0.2, 0) is 0 Å². The lowest BCUT2D eigenvalue weighted by Crippen LogP contribution is -2.12. The number of pyridine rings is 1. The summed E-state index contributed by atoms with van der Waals surface area (Å²) in [6.45, 7) is 1.85. The molecule has 92 valence electrons. The first kappa shape index (κ1) is 11.9. The highest BCUT2D eigenvalue weighted by molar-refractivity contribution is 6.05. The van der Waals surface area contributed by atoms with Crippen molar-refractivity contribution in [3.63, 3.8) is 0 Å². The van der Waals surface area contributed by atoms with E-state index < -0.39 is 0 Å².